The number of amides is 1. The number of nitrogens with zero attached hydrogens (tertiary/aromatic N) is 7. The average molecular weight is 639 g/mol. The summed E-state index contributed by atoms with van der Waals surface area (Å²) in [5.41, 5.74) is 1.70. The monoisotopic (exact) mass is 638 g/mol. The van der Waals surface area contributed by atoms with E-state index in [9.17, 15) is 24.0 Å². The largest absolute Gasteiger partial charge is 0.332 e. The number of aromatic amines is 1. The molecule has 1 unspecified atom stereocenters. The number of carbonyl (C=O) groups is 1. The number of nitrogens with one attached hydrogen (secondary N) is 1. The van der Waals surface area contributed by atoms with Crippen LogP contribution in [-0.4, -0.2) is 52.7 Å². The summed E-state index contributed by atoms with van der Waals surface area (Å²) in [4.78, 5) is 51.5. The molecule has 1 aliphatic heterocycles. The van der Waals surface area contributed by atoms with E-state index in [1.807, 2.05) is 39.0 Å². The van der Waals surface area contributed by atoms with Crippen molar-refractivity contribution >= 4 is 28.0 Å². The lowest BCUT2D eigenvalue weighted by Gasteiger charge is -2.39. The summed E-state index contributed by atoms with van der Waals surface area (Å²) in [5.74, 6) is -2.97. The van der Waals surface area contributed by atoms with E-state index in [4.69, 9.17) is 4.98 Å². The van der Waals surface area contributed by atoms with E-state index in [2.05, 4.69) is 21.8 Å². The highest BCUT2D eigenvalue weighted by atomic mass is 19.1. The van der Waals surface area contributed by atoms with Crippen LogP contribution in [0.3, 0.4) is 0 Å². The molecule has 1 fully saturated rings. The Morgan fingerprint density at radius 3 is 2.66 bits per heavy atom. The van der Waals surface area contributed by atoms with Crippen molar-refractivity contribution in [2.24, 2.45) is 0 Å². The lowest BCUT2D eigenvalue weighted by molar-refractivity contribution is -0.132. The molecule has 5 heterocycles. The van der Waals surface area contributed by atoms with Gasteiger partial charge in [-0.05, 0) is 55.9 Å². The maximum atomic E-state index is 16.4. The molecule has 1 aromatic carbocycles. The van der Waals surface area contributed by atoms with Crippen molar-refractivity contribution in [1.82, 2.24) is 34.2 Å². The van der Waals surface area contributed by atoms with Crippen LogP contribution in [0.4, 0.5) is 8.78 Å². The number of aryl methyl sites for hydroxylation is 2. The minimum absolute atomic E-state index is 0.00923. The fraction of sp³-hybridized carbons (Fsp3) is 0.324. The molecule has 11 nitrogen and oxygen atoms in total. The summed E-state index contributed by atoms with van der Waals surface area (Å²) >= 11 is 0. The van der Waals surface area contributed by atoms with Crippen molar-refractivity contribution in [2.75, 3.05) is 6.54 Å². The molecule has 13 heteroatoms. The third-order valence-electron chi connectivity index (χ3n) is 8.88. The number of hydrogen-bond acceptors (Lipinski definition) is 7. The second-order valence-corrected chi connectivity index (χ2v) is 12.2. The molecule has 0 spiro atoms. The first-order chi connectivity index (χ1) is 22.4. The summed E-state index contributed by atoms with van der Waals surface area (Å²) in [6, 6.07) is 7.09. The molecule has 0 aliphatic carbocycles. The normalized spacial score (nSPS) is 16.6. The highest BCUT2D eigenvalue weighted by molar-refractivity contribution is 5.96. The van der Waals surface area contributed by atoms with Crippen molar-refractivity contribution in [3.63, 3.8) is 0 Å². The van der Waals surface area contributed by atoms with E-state index in [0.717, 1.165) is 5.56 Å². The molecular weight excluding hydrogens is 606 g/mol. The Morgan fingerprint density at radius 2 is 1.96 bits per heavy atom. The van der Waals surface area contributed by atoms with Gasteiger partial charge in [0, 0.05) is 41.8 Å². The summed E-state index contributed by atoms with van der Waals surface area (Å²) in [6.07, 6.45) is 3.25. The van der Waals surface area contributed by atoms with E-state index < -0.39 is 40.8 Å². The van der Waals surface area contributed by atoms with E-state index in [0.29, 0.717) is 33.4 Å². The molecule has 2 atom stereocenters. The van der Waals surface area contributed by atoms with Gasteiger partial charge in [-0.25, -0.2) is 13.8 Å². The van der Waals surface area contributed by atoms with Gasteiger partial charge in [0.25, 0.3) is 5.91 Å². The van der Waals surface area contributed by atoms with Crippen LogP contribution in [0.15, 0.2) is 58.7 Å². The number of benzene rings is 1. The smallest absolute Gasteiger partial charge is 0.322 e. The molecule has 1 aliphatic rings. The molecule has 1 amide bonds. The van der Waals surface area contributed by atoms with E-state index in [1.165, 1.54) is 20.1 Å². The fourth-order valence-electron chi connectivity index (χ4n) is 6.67. The van der Waals surface area contributed by atoms with E-state index >= 15 is 4.39 Å². The summed E-state index contributed by atoms with van der Waals surface area (Å²) < 4.78 is 32.7. The van der Waals surface area contributed by atoms with Gasteiger partial charge >= 0.3 is 11.1 Å². The van der Waals surface area contributed by atoms with Crippen LogP contribution in [0.1, 0.15) is 61.9 Å². The fourth-order valence-corrected chi connectivity index (χ4v) is 6.67. The van der Waals surface area contributed by atoms with E-state index in [-0.39, 0.29) is 48.6 Å². The van der Waals surface area contributed by atoms with Gasteiger partial charge in [0.05, 0.1) is 41.1 Å². The number of nitriles is 1. The molecule has 1 N–H and O–H groups in total. The highest BCUT2D eigenvalue weighted by Crippen LogP contribution is 2.36. The molecule has 4 aromatic heterocycles. The van der Waals surface area contributed by atoms with Crippen LogP contribution in [-0.2, 0) is 4.79 Å². The van der Waals surface area contributed by atoms with Crippen molar-refractivity contribution < 1.29 is 13.6 Å². The number of fused-ring (bicyclic) bond motifs is 2. The average Bonchev–Trinajstić information content (AvgIpc) is 3.51. The van der Waals surface area contributed by atoms with Crippen LogP contribution in [0.5, 0.6) is 0 Å². The minimum Gasteiger partial charge on any atom is -0.332 e. The Hall–Kier alpha value is -5.51. The predicted octanol–water partition coefficient (Wildman–Crippen LogP) is 5.29. The van der Waals surface area contributed by atoms with Crippen molar-refractivity contribution in [3.8, 4) is 23.0 Å². The molecule has 5 aromatic rings. The number of likely N-dealkylation sites (tertiary alicyclic amines) is 1. The molecule has 240 valence electrons. The van der Waals surface area contributed by atoms with Crippen LogP contribution in [0.25, 0.3) is 39.0 Å². The van der Waals surface area contributed by atoms with Crippen LogP contribution in [0, 0.1) is 31.0 Å². The van der Waals surface area contributed by atoms with Crippen LogP contribution >= 0.6 is 0 Å². The van der Waals surface area contributed by atoms with Gasteiger partial charge in [-0.15, -0.1) is 0 Å². The number of halogens is 2. The van der Waals surface area contributed by atoms with Crippen molar-refractivity contribution in [1.29, 1.82) is 5.26 Å². The third kappa shape index (κ3) is 5.19. The van der Waals surface area contributed by atoms with Crippen molar-refractivity contribution in [3.05, 3.63) is 92.4 Å². The Morgan fingerprint density at radius 1 is 1.19 bits per heavy atom. The number of rotatable bonds is 6. The van der Waals surface area contributed by atoms with Crippen molar-refractivity contribution in [2.45, 2.75) is 65.0 Å². The van der Waals surface area contributed by atoms with Gasteiger partial charge in [-0.3, -0.25) is 33.6 Å². The Labute approximate surface area is 267 Å². The predicted molar refractivity (Wildman–Crippen MR) is 172 cm³/mol. The first kappa shape index (κ1) is 31.5. The number of aromatic nitrogens is 6. The first-order valence-corrected chi connectivity index (χ1v) is 15.2. The van der Waals surface area contributed by atoms with Gasteiger partial charge in [-0.2, -0.15) is 10.4 Å². The lowest BCUT2D eigenvalue weighted by atomic mass is 9.94. The minimum atomic E-state index is -1.16. The van der Waals surface area contributed by atoms with E-state index in [1.54, 1.807) is 25.4 Å². The lowest BCUT2D eigenvalue weighted by Crippen LogP contribution is -2.50. The number of carbonyl (C=O) groups excluding carboxylic acids is 1. The summed E-state index contributed by atoms with van der Waals surface area (Å²) in [6.45, 7) is 10.5. The number of hydrogen-bond donors (Lipinski definition) is 1. The molecular formula is C34H32F2N8O3. The third-order valence-corrected chi connectivity index (χ3v) is 8.88. The molecule has 0 radical (unpaired) electrons. The number of piperidine rings is 1. The topological polar surface area (TPSA) is 143 Å². The first-order valence-electron chi connectivity index (χ1n) is 15.2. The molecule has 47 heavy (non-hydrogen) atoms. The quantitative estimate of drug-likeness (QED) is 0.197. The SMILES string of the molecule is C=C(F)C(=O)N1CCC(n2c(=O)c(=O)n(-c3c(C)ccnc3C(C)C)c3nc(-c4c(C)ccc5[nH]ncc45)c(F)cc32)C[C@H]1CC#N. The van der Waals surface area contributed by atoms with Gasteiger partial charge < -0.3 is 4.90 Å². The molecule has 0 bridgehead atoms. The number of H-pyrrole nitrogens is 1. The van der Waals surface area contributed by atoms with Gasteiger partial charge in [0.2, 0.25) is 0 Å². The Kier molecular flexibility index (Phi) is 8.05. The highest BCUT2D eigenvalue weighted by Gasteiger charge is 2.36. The second-order valence-electron chi connectivity index (χ2n) is 12.2. The maximum Gasteiger partial charge on any atom is 0.322 e. The van der Waals surface area contributed by atoms with Crippen LogP contribution in [0.2, 0.25) is 0 Å². The molecule has 1 saturated heterocycles. The second kappa shape index (κ2) is 12.0. The zero-order chi connectivity index (χ0) is 33.7. The van der Waals surface area contributed by atoms with Gasteiger partial charge in [-0.1, -0.05) is 26.5 Å². The van der Waals surface area contributed by atoms with Crippen LogP contribution < -0.4 is 11.1 Å². The maximum absolute atomic E-state index is 16.4. The summed E-state index contributed by atoms with van der Waals surface area (Å²) in [7, 11) is 0. The zero-order valence-corrected chi connectivity index (χ0v) is 26.3. The molecule has 6 rings (SSSR count). The van der Waals surface area contributed by atoms with Gasteiger partial charge in [0.1, 0.15) is 5.69 Å². The number of pyridine rings is 2. The standard InChI is InChI=1S/C34H32F2N8O3/c1-17(2)28-30(19(4)9-12-38-28)44-31-26(15-24(36)29(40-31)27-18(3)6-7-25-23(27)16-39-41-25)43(33(46)34(44)47)22-10-13-42(32(45)20(5)35)21(14-22)8-11-37/h6-7,9,12,15-17,21-22H,5,8,10,13-14H2,1-4H3,(H,39,41)/t21-,22?/m1/s1. The Bertz CT molecular complexity index is 2260. The Balaban J connectivity index is 1.68. The zero-order valence-electron chi connectivity index (χ0n) is 26.3. The van der Waals surface area contributed by atoms with Gasteiger partial charge in [0.15, 0.2) is 17.3 Å². The molecule has 0 saturated carbocycles. The summed E-state index contributed by atoms with van der Waals surface area (Å²) in [5, 5.41) is 17.1.